The molecule has 0 bridgehead atoms. The first-order valence-electron chi connectivity index (χ1n) is 13.1. The molecular formula is C28H33N9O3. The predicted molar refractivity (Wildman–Crippen MR) is 155 cm³/mol. The average molecular weight is 544 g/mol. The number of rotatable bonds is 12. The number of primary amides is 1. The van der Waals surface area contributed by atoms with Crippen LogP contribution in [0.4, 0.5) is 17.7 Å². The standard InChI is InChI=1S/C28H33N9O3/c1-3-37-24(15-18(2)34-37)33-28-32-20-9-4-5-10-22(20)35(28)11-6-7-12-36-25-21(31-27(36)30)16-19(26(29)39)17-23(25)40-14-8-13-38/h4-7,9-10,15-17,38H,3,8,11-14H2,1-2H3,(H2,29,39)(H2,30,31)(H,32,33)/b7-6+. The van der Waals surface area contributed by atoms with Gasteiger partial charge in [-0.2, -0.15) is 5.10 Å². The molecule has 12 nitrogen and oxygen atoms in total. The smallest absolute Gasteiger partial charge is 0.248 e. The van der Waals surface area contributed by atoms with Crippen LogP contribution in [0.25, 0.3) is 22.1 Å². The summed E-state index contributed by atoms with van der Waals surface area (Å²) in [7, 11) is 0. The zero-order valence-corrected chi connectivity index (χ0v) is 22.5. The molecule has 208 valence electrons. The highest BCUT2D eigenvalue weighted by molar-refractivity contribution is 5.98. The Kier molecular flexibility index (Phi) is 7.69. The maximum absolute atomic E-state index is 11.8. The van der Waals surface area contributed by atoms with E-state index in [9.17, 15) is 4.79 Å². The van der Waals surface area contributed by atoms with Crippen molar-refractivity contribution in [3.63, 3.8) is 0 Å². The third-order valence-electron chi connectivity index (χ3n) is 6.52. The molecule has 0 aliphatic rings. The van der Waals surface area contributed by atoms with Crippen LogP contribution >= 0.6 is 0 Å². The molecule has 0 saturated heterocycles. The lowest BCUT2D eigenvalue weighted by Crippen LogP contribution is -2.12. The molecule has 6 N–H and O–H groups in total. The van der Waals surface area contributed by atoms with Crippen LogP contribution in [0.1, 0.15) is 29.4 Å². The summed E-state index contributed by atoms with van der Waals surface area (Å²) in [6.45, 7) is 5.99. The number of amides is 1. The number of aliphatic hydroxyl groups is 1. The van der Waals surface area contributed by atoms with E-state index in [0.717, 1.165) is 29.1 Å². The lowest BCUT2D eigenvalue weighted by atomic mass is 10.1. The number of nitrogens with zero attached hydrogens (tertiary/aromatic N) is 6. The fraction of sp³-hybridized carbons (Fsp3) is 0.286. The maximum atomic E-state index is 11.8. The van der Waals surface area contributed by atoms with Crippen molar-refractivity contribution in [2.75, 3.05) is 24.3 Å². The van der Waals surface area contributed by atoms with E-state index >= 15 is 0 Å². The molecule has 0 aliphatic carbocycles. The largest absolute Gasteiger partial charge is 0.491 e. The van der Waals surface area contributed by atoms with Crippen LogP contribution in [0.2, 0.25) is 0 Å². The van der Waals surface area contributed by atoms with E-state index in [1.807, 2.05) is 65.6 Å². The van der Waals surface area contributed by atoms with Gasteiger partial charge in [-0.05, 0) is 38.1 Å². The Bertz CT molecular complexity index is 1700. The molecule has 0 aliphatic heterocycles. The highest BCUT2D eigenvalue weighted by Gasteiger charge is 2.17. The second-order valence-electron chi connectivity index (χ2n) is 9.33. The van der Waals surface area contributed by atoms with E-state index in [0.29, 0.717) is 42.2 Å². The summed E-state index contributed by atoms with van der Waals surface area (Å²) in [4.78, 5) is 21.1. The number of hydrogen-bond donors (Lipinski definition) is 4. The minimum absolute atomic E-state index is 0.0110. The van der Waals surface area contributed by atoms with E-state index in [4.69, 9.17) is 26.3 Å². The van der Waals surface area contributed by atoms with Crippen molar-refractivity contribution in [3.05, 3.63) is 65.9 Å². The molecule has 12 heteroatoms. The molecule has 0 radical (unpaired) electrons. The van der Waals surface area contributed by atoms with Gasteiger partial charge in [0.05, 0.1) is 28.9 Å². The van der Waals surface area contributed by atoms with Gasteiger partial charge in [-0.25, -0.2) is 14.6 Å². The lowest BCUT2D eigenvalue weighted by molar-refractivity contribution is 0.1000. The van der Waals surface area contributed by atoms with Crippen molar-refractivity contribution in [1.29, 1.82) is 0 Å². The first-order valence-corrected chi connectivity index (χ1v) is 13.1. The molecule has 0 saturated carbocycles. The quantitative estimate of drug-likeness (QED) is 0.137. The van der Waals surface area contributed by atoms with E-state index < -0.39 is 5.91 Å². The number of hydrogen-bond acceptors (Lipinski definition) is 8. The highest BCUT2D eigenvalue weighted by atomic mass is 16.5. The first-order chi connectivity index (χ1) is 19.4. The molecule has 1 amide bonds. The molecule has 40 heavy (non-hydrogen) atoms. The maximum Gasteiger partial charge on any atom is 0.248 e. The second-order valence-corrected chi connectivity index (χ2v) is 9.33. The Balaban J connectivity index is 1.42. The number of benzene rings is 2. The van der Waals surface area contributed by atoms with Gasteiger partial charge in [0.25, 0.3) is 0 Å². The number of aryl methyl sites for hydroxylation is 2. The molecule has 3 aromatic heterocycles. The summed E-state index contributed by atoms with van der Waals surface area (Å²) < 4.78 is 11.7. The number of fused-ring (bicyclic) bond motifs is 2. The van der Waals surface area contributed by atoms with Crippen LogP contribution < -0.4 is 21.5 Å². The normalized spacial score (nSPS) is 11.7. The van der Waals surface area contributed by atoms with E-state index in [1.54, 1.807) is 12.1 Å². The lowest BCUT2D eigenvalue weighted by Gasteiger charge is -2.11. The molecule has 2 aromatic carbocycles. The fourth-order valence-electron chi connectivity index (χ4n) is 4.65. The summed E-state index contributed by atoms with van der Waals surface area (Å²) in [5, 5.41) is 17.1. The Morgan fingerprint density at radius 1 is 1.10 bits per heavy atom. The number of carbonyl (C=O) groups is 1. The van der Waals surface area contributed by atoms with Crippen molar-refractivity contribution >= 4 is 45.7 Å². The molecule has 0 spiro atoms. The van der Waals surface area contributed by atoms with Crippen LogP contribution in [0.15, 0.2) is 54.6 Å². The number of nitrogens with two attached hydrogens (primary N) is 2. The topological polar surface area (TPSA) is 164 Å². The summed E-state index contributed by atoms with van der Waals surface area (Å²) in [5.74, 6) is 1.73. The van der Waals surface area contributed by atoms with Gasteiger partial charge in [-0.15, -0.1) is 0 Å². The minimum atomic E-state index is -0.587. The van der Waals surface area contributed by atoms with Crippen molar-refractivity contribution in [3.8, 4) is 5.75 Å². The number of nitrogens with one attached hydrogen (secondary N) is 1. The van der Waals surface area contributed by atoms with Gasteiger partial charge < -0.3 is 35.8 Å². The van der Waals surface area contributed by atoms with Gasteiger partial charge in [0, 0.05) is 44.3 Å². The van der Waals surface area contributed by atoms with Gasteiger partial charge >= 0.3 is 0 Å². The molecule has 0 atom stereocenters. The third kappa shape index (κ3) is 5.34. The van der Waals surface area contributed by atoms with Crippen LogP contribution in [-0.2, 0) is 19.6 Å². The zero-order valence-electron chi connectivity index (χ0n) is 22.5. The zero-order chi connectivity index (χ0) is 28.2. The number of carbonyl (C=O) groups excluding carboxylic acids is 1. The Labute approximate surface area is 230 Å². The summed E-state index contributed by atoms with van der Waals surface area (Å²) in [6, 6.07) is 13.2. The second kappa shape index (κ2) is 11.5. The van der Waals surface area contributed by atoms with Gasteiger partial charge in [-0.1, -0.05) is 24.3 Å². The number of aliphatic hydroxyl groups excluding tert-OH is 1. The third-order valence-corrected chi connectivity index (χ3v) is 6.52. The van der Waals surface area contributed by atoms with Crippen LogP contribution in [-0.4, -0.2) is 53.1 Å². The number of ether oxygens (including phenoxy) is 1. The highest BCUT2D eigenvalue weighted by Crippen LogP contribution is 2.30. The first kappa shape index (κ1) is 26.8. The predicted octanol–water partition coefficient (Wildman–Crippen LogP) is 3.35. The molecule has 0 fully saturated rings. The van der Waals surface area contributed by atoms with Crippen molar-refractivity contribution < 1.29 is 14.6 Å². The average Bonchev–Trinajstić information content (AvgIpc) is 3.58. The number of anilines is 3. The summed E-state index contributed by atoms with van der Waals surface area (Å²) in [6.07, 6.45) is 4.48. The van der Waals surface area contributed by atoms with Crippen LogP contribution in [0, 0.1) is 6.92 Å². The molecule has 0 unspecified atom stereocenters. The molecule has 5 rings (SSSR count). The Morgan fingerprint density at radius 3 is 2.62 bits per heavy atom. The van der Waals surface area contributed by atoms with Gasteiger partial charge in [0.1, 0.15) is 17.1 Å². The number of allylic oxidation sites excluding steroid dienone is 2. The van der Waals surface area contributed by atoms with Crippen molar-refractivity contribution in [2.24, 2.45) is 5.73 Å². The molecule has 3 heterocycles. The Hall–Kier alpha value is -4.84. The SMILES string of the molecule is CCn1nc(C)cc1Nc1nc2ccccc2n1C/C=C/Cn1c(N)nc2cc(C(N)=O)cc(OCCCO)c21. The number of nitrogen functional groups attached to an aromatic ring is 1. The van der Waals surface area contributed by atoms with Crippen molar-refractivity contribution in [1.82, 2.24) is 28.9 Å². The molecule has 5 aromatic rings. The van der Waals surface area contributed by atoms with Gasteiger partial charge in [-0.3, -0.25) is 4.79 Å². The van der Waals surface area contributed by atoms with E-state index in [-0.39, 0.29) is 24.7 Å². The number of imidazole rings is 2. The van der Waals surface area contributed by atoms with Gasteiger partial charge in [0.15, 0.2) is 0 Å². The van der Waals surface area contributed by atoms with Crippen LogP contribution in [0.3, 0.4) is 0 Å². The number of para-hydroxylation sites is 2. The van der Waals surface area contributed by atoms with Crippen molar-refractivity contribution in [2.45, 2.75) is 39.9 Å². The minimum Gasteiger partial charge on any atom is -0.491 e. The van der Waals surface area contributed by atoms with Crippen LogP contribution in [0.5, 0.6) is 5.75 Å². The van der Waals surface area contributed by atoms with E-state index in [1.165, 1.54) is 0 Å². The van der Waals surface area contributed by atoms with Gasteiger partial charge in [0.2, 0.25) is 17.8 Å². The monoisotopic (exact) mass is 543 g/mol. The number of aromatic nitrogens is 6. The van der Waals surface area contributed by atoms with E-state index in [2.05, 4.69) is 20.0 Å². The Morgan fingerprint density at radius 2 is 1.88 bits per heavy atom. The fourth-order valence-corrected chi connectivity index (χ4v) is 4.65. The summed E-state index contributed by atoms with van der Waals surface area (Å²) >= 11 is 0. The molecular weight excluding hydrogens is 510 g/mol. The summed E-state index contributed by atoms with van der Waals surface area (Å²) in [5.41, 5.74) is 16.0.